The SMILES string of the molecule is CON=C1C=CCCC1. The first-order valence-electron chi connectivity index (χ1n) is 3.20. The fourth-order valence-electron chi connectivity index (χ4n) is 0.897. The summed E-state index contributed by atoms with van der Waals surface area (Å²) in [5, 5.41) is 3.81. The highest BCUT2D eigenvalue weighted by atomic mass is 16.6. The third-order valence-electron chi connectivity index (χ3n) is 1.32. The molecule has 0 saturated carbocycles. The van der Waals surface area contributed by atoms with Crippen LogP contribution in [-0.2, 0) is 4.84 Å². The molecule has 2 nitrogen and oxygen atoms in total. The average Bonchev–Trinajstić information content (AvgIpc) is 1.91. The van der Waals surface area contributed by atoms with Crippen LogP contribution in [-0.4, -0.2) is 12.8 Å². The molecule has 0 atom stereocenters. The summed E-state index contributed by atoms with van der Waals surface area (Å²) >= 11 is 0. The molecule has 0 heterocycles. The molecule has 0 saturated heterocycles. The first-order valence-corrected chi connectivity index (χ1v) is 3.20. The molecule has 1 aliphatic carbocycles. The van der Waals surface area contributed by atoms with Crippen molar-refractivity contribution in [3.8, 4) is 0 Å². The summed E-state index contributed by atoms with van der Waals surface area (Å²) in [6.45, 7) is 0. The van der Waals surface area contributed by atoms with Crippen LogP contribution in [0, 0.1) is 0 Å². The van der Waals surface area contributed by atoms with Crippen LogP contribution in [0.1, 0.15) is 19.3 Å². The van der Waals surface area contributed by atoms with Crippen LogP contribution in [0.4, 0.5) is 0 Å². The molecule has 9 heavy (non-hydrogen) atoms. The Morgan fingerprint density at radius 2 is 2.56 bits per heavy atom. The lowest BCUT2D eigenvalue weighted by Crippen LogP contribution is -1.98. The molecular weight excluding hydrogens is 114 g/mol. The van der Waals surface area contributed by atoms with Gasteiger partial charge >= 0.3 is 0 Å². The van der Waals surface area contributed by atoms with Gasteiger partial charge in [-0.2, -0.15) is 0 Å². The number of rotatable bonds is 1. The van der Waals surface area contributed by atoms with E-state index < -0.39 is 0 Å². The highest BCUT2D eigenvalue weighted by molar-refractivity contribution is 5.95. The van der Waals surface area contributed by atoms with Gasteiger partial charge < -0.3 is 4.84 Å². The minimum Gasteiger partial charge on any atom is -0.399 e. The molecule has 0 aliphatic heterocycles. The zero-order chi connectivity index (χ0) is 6.53. The third-order valence-corrected chi connectivity index (χ3v) is 1.32. The number of hydrogen-bond donors (Lipinski definition) is 0. The third kappa shape index (κ3) is 1.88. The second-order valence-corrected chi connectivity index (χ2v) is 2.06. The van der Waals surface area contributed by atoms with Crippen molar-refractivity contribution < 1.29 is 4.84 Å². The van der Waals surface area contributed by atoms with E-state index in [1.54, 1.807) is 7.11 Å². The van der Waals surface area contributed by atoms with Crippen LogP contribution in [0.3, 0.4) is 0 Å². The molecule has 0 aromatic rings. The van der Waals surface area contributed by atoms with Gasteiger partial charge in [-0.15, -0.1) is 0 Å². The molecular formula is C7H11NO. The summed E-state index contributed by atoms with van der Waals surface area (Å²) in [6, 6.07) is 0. The van der Waals surface area contributed by atoms with Gasteiger partial charge in [-0.25, -0.2) is 0 Å². The molecule has 0 N–H and O–H groups in total. The Bertz CT molecular complexity index is 138. The van der Waals surface area contributed by atoms with Gasteiger partial charge in [0.05, 0.1) is 5.71 Å². The van der Waals surface area contributed by atoms with Crippen LogP contribution in [0.15, 0.2) is 17.3 Å². The van der Waals surface area contributed by atoms with Crippen molar-refractivity contribution in [3.63, 3.8) is 0 Å². The first-order chi connectivity index (χ1) is 4.43. The minimum absolute atomic E-state index is 1.06. The van der Waals surface area contributed by atoms with Gasteiger partial charge in [0.25, 0.3) is 0 Å². The summed E-state index contributed by atoms with van der Waals surface area (Å²) in [6.07, 6.45) is 7.60. The van der Waals surface area contributed by atoms with E-state index in [1.165, 1.54) is 12.8 Å². The van der Waals surface area contributed by atoms with Gasteiger partial charge in [-0.1, -0.05) is 11.2 Å². The van der Waals surface area contributed by atoms with Crippen LogP contribution in [0.5, 0.6) is 0 Å². The summed E-state index contributed by atoms with van der Waals surface area (Å²) in [5.74, 6) is 0. The average molecular weight is 125 g/mol. The lowest BCUT2D eigenvalue weighted by Gasteiger charge is -2.03. The monoisotopic (exact) mass is 125 g/mol. The van der Waals surface area contributed by atoms with Crippen molar-refractivity contribution in [1.29, 1.82) is 0 Å². The zero-order valence-corrected chi connectivity index (χ0v) is 5.63. The smallest absolute Gasteiger partial charge is 0.106 e. The summed E-state index contributed by atoms with van der Waals surface area (Å²) < 4.78 is 0. The summed E-state index contributed by atoms with van der Waals surface area (Å²) in [5.41, 5.74) is 1.06. The largest absolute Gasteiger partial charge is 0.399 e. The van der Waals surface area contributed by atoms with Crippen molar-refractivity contribution in [1.82, 2.24) is 0 Å². The van der Waals surface area contributed by atoms with Gasteiger partial charge in [-0.3, -0.25) is 0 Å². The summed E-state index contributed by atoms with van der Waals surface area (Å²) in [7, 11) is 1.58. The topological polar surface area (TPSA) is 21.6 Å². The van der Waals surface area contributed by atoms with Crippen LogP contribution in [0.25, 0.3) is 0 Å². The normalized spacial score (nSPS) is 22.6. The van der Waals surface area contributed by atoms with E-state index >= 15 is 0 Å². The quantitative estimate of drug-likeness (QED) is 0.489. The van der Waals surface area contributed by atoms with Gasteiger partial charge in [-0.05, 0) is 25.3 Å². The standard InChI is InChI=1S/C7H11NO/c1-9-8-7-5-3-2-4-6-7/h3,5H,2,4,6H2,1H3. The number of nitrogens with zero attached hydrogens (tertiary/aromatic N) is 1. The maximum Gasteiger partial charge on any atom is 0.106 e. The Morgan fingerprint density at radius 1 is 1.67 bits per heavy atom. The molecule has 1 rings (SSSR count). The van der Waals surface area contributed by atoms with Crippen molar-refractivity contribution in [3.05, 3.63) is 12.2 Å². The number of allylic oxidation sites excluding steroid dienone is 2. The molecule has 50 valence electrons. The van der Waals surface area contributed by atoms with Crippen LogP contribution < -0.4 is 0 Å². The Kier molecular flexibility index (Phi) is 2.31. The van der Waals surface area contributed by atoms with E-state index in [2.05, 4.69) is 16.1 Å². The molecule has 1 aliphatic rings. The molecule has 0 radical (unpaired) electrons. The van der Waals surface area contributed by atoms with E-state index in [0.29, 0.717) is 0 Å². The van der Waals surface area contributed by atoms with Crippen molar-refractivity contribution in [2.45, 2.75) is 19.3 Å². The number of oxime groups is 1. The van der Waals surface area contributed by atoms with Crippen LogP contribution in [0.2, 0.25) is 0 Å². The predicted octanol–water partition coefficient (Wildman–Crippen LogP) is 1.73. The highest BCUT2D eigenvalue weighted by Gasteiger charge is 1.98. The molecule has 0 fully saturated rings. The molecule has 0 unspecified atom stereocenters. The van der Waals surface area contributed by atoms with Gasteiger partial charge in [0.1, 0.15) is 7.11 Å². The van der Waals surface area contributed by atoms with Gasteiger partial charge in [0.2, 0.25) is 0 Å². The van der Waals surface area contributed by atoms with E-state index in [4.69, 9.17) is 0 Å². The molecule has 2 heteroatoms. The lowest BCUT2D eigenvalue weighted by atomic mass is 10.1. The maximum atomic E-state index is 4.62. The van der Waals surface area contributed by atoms with Crippen molar-refractivity contribution in [2.75, 3.05) is 7.11 Å². The van der Waals surface area contributed by atoms with Gasteiger partial charge in [0.15, 0.2) is 0 Å². The van der Waals surface area contributed by atoms with Crippen molar-refractivity contribution >= 4 is 5.71 Å². The van der Waals surface area contributed by atoms with Crippen molar-refractivity contribution in [2.24, 2.45) is 5.16 Å². The highest BCUT2D eigenvalue weighted by Crippen LogP contribution is 2.06. The molecule has 0 amide bonds. The Labute approximate surface area is 55.2 Å². The molecule has 0 spiro atoms. The van der Waals surface area contributed by atoms with Crippen LogP contribution >= 0.6 is 0 Å². The lowest BCUT2D eigenvalue weighted by molar-refractivity contribution is 0.213. The second kappa shape index (κ2) is 3.28. The van der Waals surface area contributed by atoms with Gasteiger partial charge in [0, 0.05) is 0 Å². The first kappa shape index (κ1) is 6.33. The fourth-order valence-corrected chi connectivity index (χ4v) is 0.897. The summed E-state index contributed by atoms with van der Waals surface area (Å²) in [4.78, 5) is 4.62. The molecule has 0 bridgehead atoms. The molecule has 0 aromatic carbocycles. The fraction of sp³-hybridized carbons (Fsp3) is 0.571. The van der Waals surface area contributed by atoms with E-state index in [9.17, 15) is 0 Å². The number of hydrogen-bond acceptors (Lipinski definition) is 2. The zero-order valence-electron chi connectivity index (χ0n) is 5.63. The predicted molar refractivity (Wildman–Crippen MR) is 37.4 cm³/mol. The maximum absolute atomic E-state index is 4.62. The Balaban J connectivity index is 2.49. The Hall–Kier alpha value is -0.790. The minimum atomic E-state index is 1.06. The van der Waals surface area contributed by atoms with E-state index in [1.807, 2.05) is 6.08 Å². The molecule has 0 aromatic heterocycles. The second-order valence-electron chi connectivity index (χ2n) is 2.06. The van der Waals surface area contributed by atoms with E-state index in [0.717, 1.165) is 12.1 Å². The Morgan fingerprint density at radius 3 is 3.11 bits per heavy atom. The van der Waals surface area contributed by atoms with E-state index in [-0.39, 0.29) is 0 Å².